The van der Waals surface area contributed by atoms with Crippen LogP contribution >= 0.6 is 0 Å². The summed E-state index contributed by atoms with van der Waals surface area (Å²) in [5, 5.41) is 13.3. The molecule has 1 aliphatic rings. The lowest BCUT2D eigenvalue weighted by molar-refractivity contribution is 0.140. The van der Waals surface area contributed by atoms with Crippen molar-refractivity contribution in [1.82, 2.24) is 10.3 Å². The van der Waals surface area contributed by atoms with E-state index in [2.05, 4.69) is 10.3 Å². The molecule has 1 aromatic rings. The number of methoxy groups -OCH3 is 1. The number of hydrogen-bond donors (Lipinski definition) is 2. The van der Waals surface area contributed by atoms with Crippen LogP contribution in [0.2, 0.25) is 0 Å². The maximum atomic E-state index is 9.99. The van der Waals surface area contributed by atoms with Crippen molar-refractivity contribution < 1.29 is 9.84 Å². The van der Waals surface area contributed by atoms with Crippen LogP contribution in [0.25, 0.3) is 0 Å². The van der Waals surface area contributed by atoms with E-state index in [4.69, 9.17) is 4.74 Å². The SMILES string of the molecule is COc1cc(CNCC(O)CC2CCCC2)ccn1. The molecule has 0 aromatic carbocycles. The largest absolute Gasteiger partial charge is 0.481 e. The van der Waals surface area contributed by atoms with E-state index in [9.17, 15) is 5.11 Å². The fourth-order valence-electron chi connectivity index (χ4n) is 2.77. The van der Waals surface area contributed by atoms with Crippen molar-refractivity contribution >= 4 is 0 Å². The minimum atomic E-state index is -0.230. The third-order valence-electron chi connectivity index (χ3n) is 3.80. The number of ether oxygens (including phenoxy) is 1. The van der Waals surface area contributed by atoms with E-state index in [1.807, 2.05) is 12.1 Å². The van der Waals surface area contributed by atoms with Gasteiger partial charge in [0.1, 0.15) is 0 Å². The van der Waals surface area contributed by atoms with E-state index >= 15 is 0 Å². The summed E-state index contributed by atoms with van der Waals surface area (Å²) in [5.41, 5.74) is 1.12. The van der Waals surface area contributed by atoms with Gasteiger partial charge in [-0.2, -0.15) is 0 Å². The van der Waals surface area contributed by atoms with Gasteiger partial charge in [-0.15, -0.1) is 0 Å². The van der Waals surface area contributed by atoms with Gasteiger partial charge in [0.05, 0.1) is 13.2 Å². The second-order valence-corrected chi connectivity index (χ2v) is 5.38. The standard InChI is InChI=1S/C15H24N2O2/c1-19-15-9-13(6-7-17-15)10-16-11-14(18)8-12-4-2-3-5-12/h6-7,9,12,14,16,18H,2-5,8,10-11H2,1H3. The molecule has 2 rings (SSSR count). The summed E-state index contributed by atoms with van der Waals surface area (Å²) in [7, 11) is 1.62. The Labute approximate surface area is 115 Å². The molecule has 4 heteroatoms. The molecule has 19 heavy (non-hydrogen) atoms. The molecule has 0 bridgehead atoms. The second-order valence-electron chi connectivity index (χ2n) is 5.38. The van der Waals surface area contributed by atoms with Crippen LogP contribution in [-0.4, -0.2) is 29.8 Å². The van der Waals surface area contributed by atoms with Gasteiger partial charge in [0.15, 0.2) is 0 Å². The van der Waals surface area contributed by atoms with Crippen LogP contribution in [0.15, 0.2) is 18.3 Å². The lowest BCUT2D eigenvalue weighted by Crippen LogP contribution is -2.27. The predicted octanol–water partition coefficient (Wildman–Crippen LogP) is 2.12. The summed E-state index contributed by atoms with van der Waals surface area (Å²) in [6.07, 6.45) is 7.70. The molecule has 0 spiro atoms. The van der Waals surface area contributed by atoms with Crippen molar-refractivity contribution in [3.05, 3.63) is 23.9 Å². The Hall–Kier alpha value is -1.13. The van der Waals surface area contributed by atoms with Gasteiger partial charge >= 0.3 is 0 Å². The molecule has 1 saturated carbocycles. The van der Waals surface area contributed by atoms with Crippen LogP contribution in [0.5, 0.6) is 5.88 Å². The fourth-order valence-corrected chi connectivity index (χ4v) is 2.77. The van der Waals surface area contributed by atoms with Crippen LogP contribution in [0.4, 0.5) is 0 Å². The zero-order chi connectivity index (χ0) is 13.5. The van der Waals surface area contributed by atoms with Crippen LogP contribution in [0.1, 0.15) is 37.7 Å². The first kappa shape index (κ1) is 14.3. The average molecular weight is 264 g/mol. The van der Waals surface area contributed by atoms with Crippen LogP contribution in [-0.2, 0) is 6.54 Å². The number of pyridine rings is 1. The van der Waals surface area contributed by atoms with Gasteiger partial charge in [0.25, 0.3) is 0 Å². The minimum Gasteiger partial charge on any atom is -0.481 e. The predicted molar refractivity (Wildman–Crippen MR) is 75.1 cm³/mol. The van der Waals surface area contributed by atoms with E-state index in [0.29, 0.717) is 12.4 Å². The third-order valence-corrected chi connectivity index (χ3v) is 3.80. The van der Waals surface area contributed by atoms with Crippen molar-refractivity contribution in [2.24, 2.45) is 5.92 Å². The van der Waals surface area contributed by atoms with E-state index in [-0.39, 0.29) is 6.10 Å². The van der Waals surface area contributed by atoms with Gasteiger partial charge < -0.3 is 15.2 Å². The first-order chi connectivity index (χ1) is 9.28. The quantitative estimate of drug-likeness (QED) is 0.792. The molecule has 0 amide bonds. The zero-order valence-electron chi connectivity index (χ0n) is 11.6. The Morgan fingerprint density at radius 1 is 1.47 bits per heavy atom. The summed E-state index contributed by atoms with van der Waals surface area (Å²) in [6, 6.07) is 3.87. The van der Waals surface area contributed by atoms with Gasteiger partial charge in [0.2, 0.25) is 5.88 Å². The van der Waals surface area contributed by atoms with Crippen molar-refractivity contribution in [1.29, 1.82) is 0 Å². The molecule has 1 heterocycles. The van der Waals surface area contributed by atoms with Gasteiger partial charge in [-0.25, -0.2) is 4.98 Å². The van der Waals surface area contributed by atoms with Gasteiger partial charge in [-0.3, -0.25) is 0 Å². The molecule has 0 saturated heterocycles. The summed E-state index contributed by atoms with van der Waals surface area (Å²) in [6.45, 7) is 1.39. The summed E-state index contributed by atoms with van der Waals surface area (Å²) in [5.74, 6) is 1.36. The lowest BCUT2D eigenvalue weighted by atomic mass is 10.00. The fraction of sp³-hybridized carbons (Fsp3) is 0.667. The Bertz CT molecular complexity index is 378. The highest BCUT2D eigenvalue weighted by atomic mass is 16.5. The maximum Gasteiger partial charge on any atom is 0.213 e. The highest BCUT2D eigenvalue weighted by molar-refractivity contribution is 5.20. The monoisotopic (exact) mass is 264 g/mol. The molecule has 1 aliphatic carbocycles. The number of aromatic nitrogens is 1. The molecule has 106 valence electrons. The van der Waals surface area contributed by atoms with E-state index in [1.54, 1.807) is 13.3 Å². The number of hydrogen-bond acceptors (Lipinski definition) is 4. The zero-order valence-corrected chi connectivity index (χ0v) is 11.6. The summed E-state index contributed by atoms with van der Waals surface area (Å²) >= 11 is 0. The molecule has 1 aromatic heterocycles. The molecule has 2 N–H and O–H groups in total. The molecule has 1 fully saturated rings. The normalized spacial score (nSPS) is 17.6. The first-order valence-corrected chi connectivity index (χ1v) is 7.15. The Morgan fingerprint density at radius 2 is 2.26 bits per heavy atom. The highest BCUT2D eigenvalue weighted by Gasteiger charge is 2.18. The number of aliphatic hydroxyl groups is 1. The van der Waals surface area contributed by atoms with E-state index in [1.165, 1.54) is 25.7 Å². The summed E-state index contributed by atoms with van der Waals surface area (Å²) < 4.78 is 5.08. The molecule has 1 unspecified atom stereocenters. The molecule has 1 atom stereocenters. The van der Waals surface area contributed by atoms with Crippen molar-refractivity contribution in [3.8, 4) is 5.88 Å². The molecule has 0 aliphatic heterocycles. The second kappa shape index (κ2) is 7.46. The Kier molecular flexibility index (Phi) is 5.61. The molecular formula is C15H24N2O2. The minimum absolute atomic E-state index is 0.230. The number of rotatable bonds is 7. The number of nitrogens with zero attached hydrogens (tertiary/aromatic N) is 1. The smallest absolute Gasteiger partial charge is 0.213 e. The Balaban J connectivity index is 1.67. The third kappa shape index (κ3) is 4.80. The van der Waals surface area contributed by atoms with Crippen LogP contribution in [0.3, 0.4) is 0 Å². The van der Waals surface area contributed by atoms with Crippen molar-refractivity contribution in [3.63, 3.8) is 0 Å². The Morgan fingerprint density at radius 3 is 3.00 bits per heavy atom. The average Bonchev–Trinajstić information content (AvgIpc) is 2.92. The van der Waals surface area contributed by atoms with Crippen LogP contribution in [0, 0.1) is 5.92 Å². The van der Waals surface area contributed by atoms with Gasteiger partial charge in [-0.05, 0) is 24.0 Å². The topological polar surface area (TPSA) is 54.4 Å². The molecule has 4 nitrogen and oxygen atoms in total. The number of aliphatic hydroxyl groups excluding tert-OH is 1. The molecular weight excluding hydrogens is 240 g/mol. The van der Waals surface area contributed by atoms with E-state index in [0.717, 1.165) is 24.4 Å². The first-order valence-electron chi connectivity index (χ1n) is 7.15. The van der Waals surface area contributed by atoms with Crippen molar-refractivity contribution in [2.45, 2.75) is 44.8 Å². The summed E-state index contributed by atoms with van der Waals surface area (Å²) in [4.78, 5) is 4.07. The maximum absolute atomic E-state index is 9.99. The molecule has 0 radical (unpaired) electrons. The number of nitrogens with one attached hydrogen (secondary N) is 1. The van der Waals surface area contributed by atoms with Crippen molar-refractivity contribution in [2.75, 3.05) is 13.7 Å². The van der Waals surface area contributed by atoms with Crippen LogP contribution < -0.4 is 10.1 Å². The lowest BCUT2D eigenvalue weighted by Gasteiger charge is -2.16. The van der Waals surface area contributed by atoms with E-state index < -0.39 is 0 Å². The highest BCUT2D eigenvalue weighted by Crippen LogP contribution is 2.28. The van der Waals surface area contributed by atoms with Gasteiger partial charge in [0, 0.05) is 25.4 Å². The van der Waals surface area contributed by atoms with Gasteiger partial charge in [-0.1, -0.05) is 25.7 Å².